The lowest BCUT2D eigenvalue weighted by molar-refractivity contribution is 0.0996. The molecule has 0 atom stereocenters. The van der Waals surface area contributed by atoms with Gasteiger partial charge in [-0.1, -0.05) is 11.3 Å². The molecule has 0 aliphatic carbocycles. The SMILES string of the molecule is Cc1ccoc1C(=O)Nc1ncc(Br)s1. The molecule has 78 valence electrons. The van der Waals surface area contributed by atoms with Gasteiger partial charge in [0.2, 0.25) is 0 Å². The van der Waals surface area contributed by atoms with Gasteiger partial charge in [0.1, 0.15) is 0 Å². The summed E-state index contributed by atoms with van der Waals surface area (Å²) in [6.45, 7) is 1.82. The molecule has 0 saturated heterocycles. The highest BCUT2D eigenvalue weighted by atomic mass is 79.9. The molecule has 2 heterocycles. The van der Waals surface area contributed by atoms with Crippen molar-refractivity contribution in [1.82, 2.24) is 4.98 Å². The molecular weight excluding hydrogens is 280 g/mol. The zero-order chi connectivity index (χ0) is 10.8. The molecular formula is C9H7BrN2O2S. The monoisotopic (exact) mass is 286 g/mol. The topological polar surface area (TPSA) is 55.1 Å². The quantitative estimate of drug-likeness (QED) is 0.923. The third-order valence-corrected chi connectivity index (χ3v) is 3.16. The molecule has 2 aromatic rings. The standard InChI is InChI=1S/C9H7BrN2O2S/c1-5-2-3-14-7(5)8(13)12-9-11-4-6(10)15-9/h2-4H,1H3,(H,11,12,13). The van der Waals surface area contributed by atoms with E-state index in [4.69, 9.17) is 4.42 Å². The van der Waals surface area contributed by atoms with E-state index in [1.807, 2.05) is 6.92 Å². The molecule has 4 nitrogen and oxygen atoms in total. The van der Waals surface area contributed by atoms with E-state index in [0.29, 0.717) is 10.9 Å². The molecule has 0 aliphatic heterocycles. The van der Waals surface area contributed by atoms with Crippen molar-refractivity contribution in [2.24, 2.45) is 0 Å². The molecule has 1 amide bonds. The van der Waals surface area contributed by atoms with E-state index in [0.717, 1.165) is 9.35 Å². The number of carbonyl (C=O) groups is 1. The zero-order valence-corrected chi connectivity index (χ0v) is 10.2. The Bertz CT molecular complexity index is 492. The number of anilines is 1. The van der Waals surface area contributed by atoms with Crippen molar-refractivity contribution in [1.29, 1.82) is 0 Å². The number of nitrogens with zero attached hydrogens (tertiary/aromatic N) is 1. The molecule has 0 spiro atoms. The fourth-order valence-electron chi connectivity index (χ4n) is 1.07. The van der Waals surface area contributed by atoms with Crippen molar-refractivity contribution in [3.8, 4) is 0 Å². The van der Waals surface area contributed by atoms with E-state index in [9.17, 15) is 4.79 Å². The highest BCUT2D eigenvalue weighted by Crippen LogP contribution is 2.23. The van der Waals surface area contributed by atoms with Crippen LogP contribution in [0.25, 0.3) is 0 Å². The van der Waals surface area contributed by atoms with Gasteiger partial charge in [-0.05, 0) is 28.9 Å². The fraction of sp³-hybridized carbons (Fsp3) is 0.111. The Morgan fingerprint density at radius 3 is 3.00 bits per heavy atom. The summed E-state index contributed by atoms with van der Waals surface area (Å²) in [7, 11) is 0. The molecule has 0 unspecified atom stereocenters. The van der Waals surface area contributed by atoms with Crippen molar-refractivity contribution >= 4 is 38.3 Å². The minimum absolute atomic E-state index is 0.278. The molecule has 1 N–H and O–H groups in total. The number of amides is 1. The van der Waals surface area contributed by atoms with Gasteiger partial charge in [-0.25, -0.2) is 4.98 Å². The van der Waals surface area contributed by atoms with Crippen molar-refractivity contribution in [3.63, 3.8) is 0 Å². The highest BCUT2D eigenvalue weighted by molar-refractivity contribution is 9.11. The van der Waals surface area contributed by atoms with Crippen LogP contribution in [0.3, 0.4) is 0 Å². The Kier molecular flexibility index (Phi) is 2.88. The average molecular weight is 287 g/mol. The summed E-state index contributed by atoms with van der Waals surface area (Å²) < 4.78 is 5.93. The molecule has 6 heteroatoms. The minimum Gasteiger partial charge on any atom is -0.459 e. The lowest BCUT2D eigenvalue weighted by Gasteiger charge is -1.98. The van der Waals surface area contributed by atoms with Crippen LogP contribution >= 0.6 is 27.3 Å². The average Bonchev–Trinajstić information content (AvgIpc) is 2.75. The molecule has 0 fully saturated rings. The molecule has 2 aromatic heterocycles. The number of hydrogen-bond acceptors (Lipinski definition) is 4. The number of nitrogens with one attached hydrogen (secondary N) is 1. The number of furan rings is 1. The van der Waals surface area contributed by atoms with Crippen LogP contribution in [0, 0.1) is 6.92 Å². The maximum absolute atomic E-state index is 11.7. The van der Waals surface area contributed by atoms with Gasteiger partial charge >= 0.3 is 0 Å². The van der Waals surface area contributed by atoms with Crippen LogP contribution in [0.2, 0.25) is 0 Å². The van der Waals surface area contributed by atoms with E-state index < -0.39 is 0 Å². The van der Waals surface area contributed by atoms with Gasteiger partial charge in [-0.2, -0.15) is 0 Å². The largest absolute Gasteiger partial charge is 0.459 e. The number of rotatable bonds is 2. The summed E-state index contributed by atoms with van der Waals surface area (Å²) in [4.78, 5) is 15.6. The molecule has 0 radical (unpaired) electrons. The van der Waals surface area contributed by atoms with Gasteiger partial charge in [0.25, 0.3) is 5.91 Å². The maximum Gasteiger partial charge on any atom is 0.293 e. The smallest absolute Gasteiger partial charge is 0.293 e. The van der Waals surface area contributed by atoms with E-state index in [1.54, 1.807) is 12.3 Å². The van der Waals surface area contributed by atoms with Gasteiger partial charge in [0.15, 0.2) is 10.9 Å². The number of thiazole rings is 1. The molecule has 15 heavy (non-hydrogen) atoms. The summed E-state index contributed by atoms with van der Waals surface area (Å²) in [5, 5.41) is 3.19. The van der Waals surface area contributed by atoms with Crippen LogP contribution in [0.5, 0.6) is 0 Å². The zero-order valence-electron chi connectivity index (χ0n) is 7.78. The van der Waals surface area contributed by atoms with Crippen LogP contribution in [0.4, 0.5) is 5.13 Å². The Balaban J connectivity index is 2.14. The summed E-state index contributed by atoms with van der Waals surface area (Å²) in [6, 6.07) is 1.74. The molecule has 0 bridgehead atoms. The predicted molar refractivity (Wildman–Crippen MR) is 61.2 cm³/mol. The second kappa shape index (κ2) is 4.16. The Morgan fingerprint density at radius 2 is 2.47 bits per heavy atom. The lowest BCUT2D eigenvalue weighted by Crippen LogP contribution is -2.11. The second-order valence-electron chi connectivity index (χ2n) is 2.86. The summed E-state index contributed by atoms with van der Waals surface area (Å²) in [6.07, 6.45) is 3.12. The van der Waals surface area contributed by atoms with E-state index in [2.05, 4.69) is 26.2 Å². The van der Waals surface area contributed by atoms with E-state index in [1.165, 1.54) is 17.6 Å². The van der Waals surface area contributed by atoms with Gasteiger partial charge in [-0.3, -0.25) is 10.1 Å². The van der Waals surface area contributed by atoms with Crippen LogP contribution in [-0.2, 0) is 0 Å². The van der Waals surface area contributed by atoms with E-state index >= 15 is 0 Å². The molecule has 2 rings (SSSR count). The first-order valence-electron chi connectivity index (χ1n) is 4.13. The van der Waals surface area contributed by atoms with Crippen LogP contribution in [0.1, 0.15) is 16.1 Å². The van der Waals surface area contributed by atoms with Crippen molar-refractivity contribution in [2.75, 3.05) is 5.32 Å². The van der Waals surface area contributed by atoms with Gasteiger partial charge in [0, 0.05) is 5.56 Å². The van der Waals surface area contributed by atoms with Gasteiger partial charge in [0.05, 0.1) is 16.2 Å². The normalized spacial score (nSPS) is 10.3. The number of halogens is 1. The first-order valence-corrected chi connectivity index (χ1v) is 5.74. The lowest BCUT2D eigenvalue weighted by atomic mass is 10.3. The van der Waals surface area contributed by atoms with Crippen molar-refractivity contribution in [3.05, 3.63) is 33.6 Å². The third-order valence-electron chi connectivity index (χ3n) is 1.77. The fourth-order valence-corrected chi connectivity index (χ4v) is 2.17. The number of hydrogen-bond donors (Lipinski definition) is 1. The Morgan fingerprint density at radius 1 is 1.67 bits per heavy atom. The second-order valence-corrected chi connectivity index (χ2v) is 5.27. The van der Waals surface area contributed by atoms with Crippen molar-refractivity contribution in [2.45, 2.75) is 6.92 Å². The van der Waals surface area contributed by atoms with Crippen LogP contribution in [-0.4, -0.2) is 10.9 Å². The first kappa shape index (κ1) is 10.4. The Labute approximate surface area is 98.5 Å². The third kappa shape index (κ3) is 2.27. The number of aryl methyl sites for hydroxylation is 1. The number of aromatic nitrogens is 1. The van der Waals surface area contributed by atoms with Gasteiger partial charge < -0.3 is 4.42 Å². The highest BCUT2D eigenvalue weighted by Gasteiger charge is 2.13. The molecule has 0 aliphatic rings. The molecule has 0 saturated carbocycles. The summed E-state index contributed by atoms with van der Waals surface area (Å²) in [5.74, 6) is 0.0423. The van der Waals surface area contributed by atoms with E-state index in [-0.39, 0.29) is 5.91 Å². The first-order chi connectivity index (χ1) is 7.16. The maximum atomic E-state index is 11.7. The van der Waals surface area contributed by atoms with Crippen LogP contribution in [0.15, 0.2) is 26.7 Å². The van der Waals surface area contributed by atoms with Gasteiger partial charge in [-0.15, -0.1) is 0 Å². The van der Waals surface area contributed by atoms with Crippen molar-refractivity contribution < 1.29 is 9.21 Å². The summed E-state index contributed by atoms with van der Waals surface area (Å²) in [5.41, 5.74) is 0.808. The van der Waals surface area contributed by atoms with Crippen LogP contribution < -0.4 is 5.32 Å². The molecule has 0 aromatic carbocycles. The predicted octanol–water partition coefficient (Wildman–Crippen LogP) is 3.06. The Hall–Kier alpha value is -1.14. The number of carbonyl (C=O) groups excluding carboxylic acids is 1. The summed E-state index contributed by atoms with van der Waals surface area (Å²) >= 11 is 4.62. The minimum atomic E-state index is -0.278.